The molecule has 0 unspecified atom stereocenters. The maximum absolute atomic E-state index is 14.4. The fourth-order valence-corrected chi connectivity index (χ4v) is 2.54. The SMILES string of the molecule is CCN=C1CN(CN=C/C(=C\CF)c2cccc(CC)c2F)C1. The second-order valence-electron chi connectivity index (χ2n) is 5.43. The molecule has 0 aromatic heterocycles. The Bertz CT molecular complexity index is 613. The van der Waals surface area contributed by atoms with Gasteiger partial charge in [0.25, 0.3) is 0 Å². The largest absolute Gasteiger partial charge is 0.292 e. The van der Waals surface area contributed by atoms with Crippen molar-refractivity contribution >= 4 is 17.5 Å². The van der Waals surface area contributed by atoms with Gasteiger partial charge in [-0.3, -0.25) is 14.9 Å². The molecule has 0 saturated carbocycles. The van der Waals surface area contributed by atoms with Crippen LogP contribution in [0.25, 0.3) is 5.57 Å². The highest BCUT2D eigenvalue weighted by atomic mass is 19.1. The van der Waals surface area contributed by atoms with Crippen LogP contribution in [0.5, 0.6) is 0 Å². The molecule has 1 heterocycles. The highest BCUT2D eigenvalue weighted by Gasteiger charge is 2.20. The van der Waals surface area contributed by atoms with Gasteiger partial charge in [-0.05, 0) is 25.0 Å². The van der Waals surface area contributed by atoms with Gasteiger partial charge in [-0.1, -0.05) is 25.1 Å². The molecular formula is C18H23F2N3. The molecule has 1 aliphatic heterocycles. The summed E-state index contributed by atoms with van der Waals surface area (Å²) in [5, 5.41) is 0. The standard InChI is InChI=1S/C18H23F2N3/c1-3-14-6-5-7-17(18(14)20)15(8-9-19)10-21-13-23-11-16(12-23)22-4-2/h5-8,10H,3-4,9,11-13H2,1-2H3/b15-8+,21-10?. The first-order chi connectivity index (χ1) is 11.2. The second kappa shape index (κ2) is 8.67. The summed E-state index contributed by atoms with van der Waals surface area (Å²) in [6.45, 7) is 6.24. The number of halogens is 2. The fraction of sp³-hybridized carbons (Fsp3) is 0.444. The Hall–Kier alpha value is -1.88. The third-order valence-electron chi connectivity index (χ3n) is 3.77. The normalized spacial score (nSPS) is 16.0. The summed E-state index contributed by atoms with van der Waals surface area (Å²) in [5.74, 6) is -0.289. The van der Waals surface area contributed by atoms with Gasteiger partial charge in [-0.15, -0.1) is 0 Å². The molecule has 3 nitrogen and oxygen atoms in total. The van der Waals surface area contributed by atoms with Gasteiger partial charge < -0.3 is 0 Å². The van der Waals surface area contributed by atoms with Gasteiger partial charge in [-0.25, -0.2) is 8.78 Å². The van der Waals surface area contributed by atoms with Crippen molar-refractivity contribution in [3.05, 3.63) is 41.2 Å². The van der Waals surface area contributed by atoms with Gasteiger partial charge in [0, 0.05) is 42.7 Å². The number of aryl methyl sites for hydroxylation is 1. The van der Waals surface area contributed by atoms with E-state index >= 15 is 0 Å². The van der Waals surface area contributed by atoms with Crippen molar-refractivity contribution in [3.8, 4) is 0 Å². The van der Waals surface area contributed by atoms with Crippen LogP contribution in [-0.2, 0) is 6.42 Å². The Morgan fingerprint density at radius 1 is 1.30 bits per heavy atom. The van der Waals surface area contributed by atoms with E-state index in [0.29, 0.717) is 29.8 Å². The van der Waals surface area contributed by atoms with Gasteiger partial charge in [0.2, 0.25) is 0 Å². The minimum atomic E-state index is -0.645. The van der Waals surface area contributed by atoms with Crippen molar-refractivity contribution in [2.24, 2.45) is 9.98 Å². The van der Waals surface area contributed by atoms with Gasteiger partial charge in [0.05, 0.1) is 6.67 Å². The van der Waals surface area contributed by atoms with E-state index in [4.69, 9.17) is 0 Å². The first-order valence-electron chi connectivity index (χ1n) is 7.97. The van der Waals surface area contributed by atoms with Crippen molar-refractivity contribution in [2.45, 2.75) is 20.3 Å². The molecule has 0 atom stereocenters. The number of aliphatic imine (C=N–C) groups is 2. The van der Waals surface area contributed by atoms with Gasteiger partial charge >= 0.3 is 0 Å². The van der Waals surface area contributed by atoms with Gasteiger partial charge in [-0.2, -0.15) is 0 Å². The quantitative estimate of drug-likeness (QED) is 0.706. The van der Waals surface area contributed by atoms with Crippen LogP contribution in [0, 0.1) is 5.82 Å². The van der Waals surface area contributed by atoms with E-state index < -0.39 is 6.67 Å². The lowest BCUT2D eigenvalue weighted by atomic mass is 10.0. The number of hydrogen-bond donors (Lipinski definition) is 0. The first kappa shape index (κ1) is 17.5. The van der Waals surface area contributed by atoms with Crippen molar-refractivity contribution in [1.29, 1.82) is 0 Å². The monoisotopic (exact) mass is 319 g/mol. The smallest absolute Gasteiger partial charge is 0.134 e. The molecule has 0 N–H and O–H groups in total. The van der Waals surface area contributed by atoms with E-state index in [2.05, 4.69) is 14.9 Å². The number of benzene rings is 1. The van der Waals surface area contributed by atoms with Crippen LogP contribution in [0.4, 0.5) is 8.78 Å². The number of allylic oxidation sites excluding steroid dienone is 2. The summed E-state index contributed by atoms with van der Waals surface area (Å²) < 4.78 is 27.2. The topological polar surface area (TPSA) is 28.0 Å². The van der Waals surface area contributed by atoms with Crippen LogP contribution in [-0.4, -0.2) is 49.8 Å². The van der Waals surface area contributed by atoms with Crippen molar-refractivity contribution in [2.75, 3.05) is 33.0 Å². The summed E-state index contributed by atoms with van der Waals surface area (Å²) >= 11 is 0. The molecule has 0 radical (unpaired) electrons. The molecular weight excluding hydrogens is 296 g/mol. The van der Waals surface area contributed by atoms with E-state index in [9.17, 15) is 8.78 Å². The molecule has 1 aliphatic rings. The summed E-state index contributed by atoms with van der Waals surface area (Å²) in [4.78, 5) is 10.8. The van der Waals surface area contributed by atoms with Gasteiger partial charge in [0.1, 0.15) is 12.5 Å². The average Bonchev–Trinajstić information content (AvgIpc) is 2.52. The summed E-state index contributed by atoms with van der Waals surface area (Å²) in [6.07, 6.45) is 3.53. The molecule has 0 spiro atoms. The molecule has 1 saturated heterocycles. The Morgan fingerprint density at radius 3 is 2.74 bits per heavy atom. The first-order valence-corrected chi connectivity index (χ1v) is 7.97. The summed E-state index contributed by atoms with van der Waals surface area (Å²) in [6, 6.07) is 5.20. The lowest BCUT2D eigenvalue weighted by Gasteiger charge is -2.30. The predicted molar refractivity (Wildman–Crippen MR) is 92.6 cm³/mol. The van der Waals surface area contributed by atoms with Gasteiger partial charge in [0.15, 0.2) is 0 Å². The van der Waals surface area contributed by atoms with Crippen LogP contribution >= 0.6 is 0 Å². The Morgan fingerprint density at radius 2 is 2.09 bits per heavy atom. The van der Waals surface area contributed by atoms with Crippen molar-refractivity contribution in [3.63, 3.8) is 0 Å². The van der Waals surface area contributed by atoms with Crippen LogP contribution in [0.3, 0.4) is 0 Å². The lowest BCUT2D eigenvalue weighted by Crippen LogP contribution is -2.47. The number of nitrogens with zero attached hydrogens (tertiary/aromatic N) is 3. The summed E-state index contributed by atoms with van der Waals surface area (Å²) in [5.41, 5.74) is 2.71. The van der Waals surface area contributed by atoms with E-state index in [0.717, 1.165) is 19.6 Å². The maximum atomic E-state index is 14.4. The molecule has 23 heavy (non-hydrogen) atoms. The van der Waals surface area contributed by atoms with Crippen LogP contribution in [0.1, 0.15) is 25.0 Å². The molecule has 0 aliphatic carbocycles. The van der Waals surface area contributed by atoms with E-state index in [-0.39, 0.29) is 5.82 Å². The van der Waals surface area contributed by atoms with E-state index in [1.807, 2.05) is 13.8 Å². The summed E-state index contributed by atoms with van der Waals surface area (Å²) in [7, 11) is 0. The zero-order valence-corrected chi connectivity index (χ0v) is 13.7. The van der Waals surface area contributed by atoms with Crippen molar-refractivity contribution < 1.29 is 8.78 Å². The minimum Gasteiger partial charge on any atom is -0.292 e. The molecule has 1 fully saturated rings. The third-order valence-corrected chi connectivity index (χ3v) is 3.77. The lowest BCUT2D eigenvalue weighted by molar-refractivity contribution is 0.315. The molecule has 5 heteroatoms. The highest BCUT2D eigenvalue weighted by molar-refractivity contribution is 6.10. The molecule has 0 amide bonds. The Labute approximate surface area is 136 Å². The Kier molecular flexibility index (Phi) is 6.59. The maximum Gasteiger partial charge on any atom is 0.134 e. The highest BCUT2D eigenvalue weighted by Crippen LogP contribution is 2.20. The number of likely N-dealkylation sites (tertiary alicyclic amines) is 1. The molecule has 2 rings (SSSR count). The predicted octanol–water partition coefficient (Wildman–Crippen LogP) is 3.55. The minimum absolute atomic E-state index is 0.289. The van der Waals surface area contributed by atoms with Crippen LogP contribution < -0.4 is 0 Å². The second-order valence-corrected chi connectivity index (χ2v) is 5.43. The third kappa shape index (κ3) is 4.55. The number of alkyl halides is 1. The Balaban J connectivity index is 2.04. The molecule has 124 valence electrons. The fourth-order valence-electron chi connectivity index (χ4n) is 2.54. The average molecular weight is 319 g/mol. The van der Waals surface area contributed by atoms with Crippen LogP contribution in [0.2, 0.25) is 0 Å². The zero-order chi connectivity index (χ0) is 16.7. The number of hydrogen-bond acceptors (Lipinski definition) is 3. The zero-order valence-electron chi connectivity index (χ0n) is 13.7. The van der Waals surface area contributed by atoms with E-state index in [1.54, 1.807) is 24.4 Å². The van der Waals surface area contributed by atoms with Crippen LogP contribution in [0.15, 0.2) is 34.3 Å². The van der Waals surface area contributed by atoms with Crippen molar-refractivity contribution in [1.82, 2.24) is 4.90 Å². The number of rotatable bonds is 7. The molecule has 0 bridgehead atoms. The molecule has 1 aromatic rings. The van der Waals surface area contributed by atoms with E-state index in [1.165, 1.54) is 11.8 Å². The molecule has 1 aromatic carbocycles.